The van der Waals surface area contributed by atoms with Crippen molar-refractivity contribution >= 4 is 11.7 Å². The first-order valence-corrected chi connectivity index (χ1v) is 11.9. The molecule has 3 aromatic rings. The summed E-state index contributed by atoms with van der Waals surface area (Å²) < 4.78 is 62.0. The number of nitrogens with zero attached hydrogens (tertiary/aromatic N) is 2. The van der Waals surface area contributed by atoms with E-state index in [1.54, 1.807) is 18.9 Å². The van der Waals surface area contributed by atoms with E-state index in [0.29, 0.717) is 17.2 Å². The molecule has 2 aromatic heterocycles. The van der Waals surface area contributed by atoms with Crippen LogP contribution in [-0.2, 0) is 11.3 Å². The third-order valence-corrected chi connectivity index (χ3v) is 6.47. The summed E-state index contributed by atoms with van der Waals surface area (Å²) in [6, 6.07) is 6.52. The lowest BCUT2D eigenvalue weighted by Gasteiger charge is -2.40. The minimum atomic E-state index is -3.01. The van der Waals surface area contributed by atoms with E-state index in [9.17, 15) is 27.2 Å². The Hall–Kier alpha value is -3.77. The van der Waals surface area contributed by atoms with Crippen LogP contribution in [0.25, 0.3) is 0 Å². The number of carbonyl (C=O) groups excluding carboxylic acids is 1. The van der Waals surface area contributed by atoms with Crippen LogP contribution in [0.15, 0.2) is 53.6 Å². The number of H-pyrrole nitrogens is 1. The highest BCUT2D eigenvalue weighted by atomic mass is 19.3. The zero-order valence-electron chi connectivity index (χ0n) is 20.7. The van der Waals surface area contributed by atoms with Crippen molar-refractivity contribution in [1.29, 1.82) is 0 Å². The second kappa shape index (κ2) is 11.3. The molecule has 1 aromatic carbocycles. The van der Waals surface area contributed by atoms with E-state index >= 15 is 0 Å². The molecule has 3 heterocycles. The number of likely N-dealkylation sites (tertiary alicyclic amines) is 1. The average Bonchev–Trinajstić information content (AvgIpc) is 2.88. The first kappa shape index (κ1) is 27.3. The van der Waals surface area contributed by atoms with E-state index in [2.05, 4.69) is 20.6 Å². The predicted octanol–water partition coefficient (Wildman–Crippen LogP) is 4.01. The number of pyridine rings is 2. The van der Waals surface area contributed by atoms with Gasteiger partial charge in [0.15, 0.2) is 11.6 Å². The van der Waals surface area contributed by atoms with Gasteiger partial charge >= 0.3 is 0 Å². The molecule has 1 aliphatic rings. The molecule has 0 radical (unpaired) electrons. The van der Waals surface area contributed by atoms with E-state index in [1.165, 1.54) is 30.6 Å². The van der Waals surface area contributed by atoms with Crippen LogP contribution >= 0.6 is 0 Å². The summed E-state index contributed by atoms with van der Waals surface area (Å²) in [5.41, 5.74) is 0.301. The van der Waals surface area contributed by atoms with Crippen molar-refractivity contribution in [2.24, 2.45) is 0 Å². The first-order chi connectivity index (χ1) is 18.1. The topological polar surface area (TPSA) is 99.3 Å². The lowest BCUT2D eigenvalue weighted by Crippen LogP contribution is -2.52. The molecule has 202 valence electrons. The molecular formula is C26H27F4N5O3. The highest BCUT2D eigenvalue weighted by Gasteiger charge is 2.46. The van der Waals surface area contributed by atoms with Crippen molar-refractivity contribution < 1.29 is 27.1 Å². The molecule has 0 aliphatic carbocycles. The molecule has 3 N–H and O–H groups in total. The summed E-state index contributed by atoms with van der Waals surface area (Å²) in [5.74, 6) is -6.11. The number of nitrogens with one attached hydrogen (secondary N) is 3. The molecule has 1 saturated heterocycles. The number of carbonyl (C=O) groups is 1. The van der Waals surface area contributed by atoms with Gasteiger partial charge in [-0.3, -0.25) is 14.5 Å². The van der Waals surface area contributed by atoms with Gasteiger partial charge in [-0.25, -0.2) is 22.5 Å². The number of benzene rings is 1. The second-order valence-electron chi connectivity index (χ2n) is 9.10. The van der Waals surface area contributed by atoms with Gasteiger partial charge in [0.25, 0.3) is 11.5 Å². The van der Waals surface area contributed by atoms with Crippen LogP contribution in [0.5, 0.6) is 11.5 Å². The highest BCUT2D eigenvalue weighted by molar-refractivity contribution is 5.93. The number of hydrogen-bond acceptors (Lipinski definition) is 6. The maximum Gasteiger partial charge on any atom is 0.257 e. The van der Waals surface area contributed by atoms with Crippen molar-refractivity contribution in [3.63, 3.8) is 0 Å². The number of aromatic amines is 1. The number of hydrogen-bond donors (Lipinski definition) is 3. The minimum Gasteiger partial charge on any atom is -0.453 e. The van der Waals surface area contributed by atoms with Gasteiger partial charge in [0.1, 0.15) is 17.4 Å². The van der Waals surface area contributed by atoms with Crippen molar-refractivity contribution in [2.45, 2.75) is 37.8 Å². The third kappa shape index (κ3) is 6.20. The number of rotatable bonds is 8. The summed E-state index contributed by atoms with van der Waals surface area (Å²) in [4.78, 5) is 33.2. The van der Waals surface area contributed by atoms with Crippen LogP contribution in [0.3, 0.4) is 0 Å². The number of alkyl halides is 2. The quantitative estimate of drug-likeness (QED) is 0.379. The van der Waals surface area contributed by atoms with Crippen molar-refractivity contribution in [3.05, 3.63) is 81.9 Å². The number of aromatic nitrogens is 2. The van der Waals surface area contributed by atoms with Gasteiger partial charge in [-0.2, -0.15) is 0 Å². The summed E-state index contributed by atoms with van der Waals surface area (Å²) in [7, 11) is 1.66. The van der Waals surface area contributed by atoms with Crippen LogP contribution in [0.4, 0.5) is 23.4 Å². The number of piperidine rings is 1. The van der Waals surface area contributed by atoms with Crippen molar-refractivity contribution in [3.8, 4) is 11.5 Å². The molecule has 8 nitrogen and oxygen atoms in total. The van der Waals surface area contributed by atoms with Gasteiger partial charge in [0, 0.05) is 43.9 Å². The number of halogens is 4. The molecular weight excluding hydrogens is 506 g/mol. The molecule has 1 fully saturated rings. The number of ether oxygens (including phenoxy) is 1. The number of amides is 1. The van der Waals surface area contributed by atoms with E-state index in [-0.39, 0.29) is 42.5 Å². The molecule has 1 aliphatic heterocycles. The maximum absolute atomic E-state index is 14.9. The Balaban J connectivity index is 1.41. The highest BCUT2D eigenvalue weighted by Crippen LogP contribution is 2.40. The summed E-state index contributed by atoms with van der Waals surface area (Å²) in [6.07, 6.45) is 2.12. The van der Waals surface area contributed by atoms with Crippen LogP contribution < -0.4 is 20.9 Å². The SMILES string of the molecule is CNCc1cc(C2CN(C(C)C(=O)Nc3ccc(Oc4ccc(F)cc4F)cn3)CCC2(F)F)c[nH]c1=O. The van der Waals surface area contributed by atoms with Gasteiger partial charge in [-0.1, -0.05) is 0 Å². The Morgan fingerprint density at radius 1 is 1.26 bits per heavy atom. The Bertz CT molecular complexity index is 1350. The Morgan fingerprint density at radius 3 is 2.74 bits per heavy atom. The molecule has 2 unspecified atom stereocenters. The Labute approximate surface area is 216 Å². The van der Waals surface area contributed by atoms with Crippen LogP contribution in [0.1, 0.15) is 30.4 Å². The fourth-order valence-electron chi connectivity index (χ4n) is 4.30. The molecule has 1 amide bonds. The third-order valence-electron chi connectivity index (χ3n) is 6.47. The van der Waals surface area contributed by atoms with Gasteiger partial charge < -0.3 is 20.4 Å². The Kier molecular flexibility index (Phi) is 8.12. The van der Waals surface area contributed by atoms with E-state index in [1.807, 2.05) is 0 Å². The van der Waals surface area contributed by atoms with Gasteiger partial charge in [0.2, 0.25) is 5.91 Å². The summed E-state index contributed by atoms with van der Waals surface area (Å²) >= 11 is 0. The monoisotopic (exact) mass is 533 g/mol. The standard InChI is InChI=1S/C26H27F4N5O3/c1-15(24(36)34-23-6-4-19(13-32-23)38-22-5-3-18(27)10-21(22)28)35-8-7-26(29,30)20(14-35)16-9-17(11-31-2)25(37)33-12-16/h3-6,9-10,12-13,15,20,31H,7-8,11,14H2,1-2H3,(H,33,37)(H,32,34,36). The Morgan fingerprint density at radius 2 is 2.05 bits per heavy atom. The fraction of sp³-hybridized carbons (Fsp3) is 0.346. The summed E-state index contributed by atoms with van der Waals surface area (Å²) in [6.45, 7) is 1.77. The lowest BCUT2D eigenvalue weighted by atomic mass is 9.86. The molecule has 0 saturated carbocycles. The lowest BCUT2D eigenvalue weighted by molar-refractivity contribution is -0.125. The zero-order chi connectivity index (χ0) is 27.4. The van der Waals surface area contributed by atoms with Gasteiger partial charge in [-0.15, -0.1) is 0 Å². The van der Waals surface area contributed by atoms with Crippen LogP contribution in [-0.4, -0.2) is 52.9 Å². The predicted molar refractivity (Wildman–Crippen MR) is 132 cm³/mol. The number of anilines is 1. The molecule has 2 atom stereocenters. The van der Waals surface area contributed by atoms with E-state index in [4.69, 9.17) is 4.74 Å². The fourth-order valence-corrected chi connectivity index (χ4v) is 4.30. The molecule has 38 heavy (non-hydrogen) atoms. The molecule has 0 bridgehead atoms. The molecule has 0 spiro atoms. The normalized spacial score (nSPS) is 18.1. The van der Waals surface area contributed by atoms with E-state index in [0.717, 1.165) is 12.1 Å². The molecule has 12 heteroatoms. The first-order valence-electron chi connectivity index (χ1n) is 11.9. The van der Waals surface area contributed by atoms with Gasteiger partial charge in [-0.05, 0) is 49.9 Å². The average molecular weight is 534 g/mol. The van der Waals surface area contributed by atoms with Crippen LogP contribution in [0.2, 0.25) is 0 Å². The molecule has 4 rings (SSSR count). The second-order valence-corrected chi connectivity index (χ2v) is 9.10. The minimum absolute atomic E-state index is 0.00819. The van der Waals surface area contributed by atoms with Crippen molar-refractivity contribution in [2.75, 3.05) is 25.5 Å². The van der Waals surface area contributed by atoms with Crippen molar-refractivity contribution in [1.82, 2.24) is 20.2 Å². The maximum atomic E-state index is 14.9. The van der Waals surface area contributed by atoms with E-state index < -0.39 is 41.8 Å². The van der Waals surface area contributed by atoms with Gasteiger partial charge in [0.05, 0.1) is 18.2 Å². The smallest absolute Gasteiger partial charge is 0.257 e. The largest absolute Gasteiger partial charge is 0.453 e. The van der Waals surface area contributed by atoms with Crippen LogP contribution in [0, 0.1) is 11.6 Å². The summed E-state index contributed by atoms with van der Waals surface area (Å²) in [5, 5.41) is 5.49. The zero-order valence-corrected chi connectivity index (χ0v) is 20.7.